The number of ether oxygens (including phenoxy) is 2. The van der Waals surface area contributed by atoms with Crippen molar-refractivity contribution in [1.29, 1.82) is 0 Å². The number of allylic oxidation sites excluding steroid dienone is 1. The van der Waals surface area contributed by atoms with Gasteiger partial charge >= 0.3 is 5.69 Å². The molecule has 0 aliphatic rings. The van der Waals surface area contributed by atoms with E-state index in [1.165, 1.54) is 6.08 Å². The number of carbonyl (C=O) groups is 1. The number of imidazole rings is 1. The lowest BCUT2D eigenvalue weighted by Gasteiger charge is -2.15. The SMILES string of the molecule is COc1cccc(/C=C/C(=O)c2ccc3[nH]c(=O)[nH]c3c2)c1OC(C)C. The normalized spacial score (nSPS) is 11.4. The highest BCUT2D eigenvalue weighted by Gasteiger charge is 2.11. The quantitative estimate of drug-likeness (QED) is 0.525. The van der Waals surface area contributed by atoms with Crippen LogP contribution in [0.5, 0.6) is 11.5 Å². The number of aromatic nitrogens is 2. The maximum Gasteiger partial charge on any atom is 0.323 e. The maximum absolute atomic E-state index is 12.5. The zero-order chi connectivity index (χ0) is 18.7. The van der Waals surface area contributed by atoms with Crippen LogP contribution in [-0.2, 0) is 0 Å². The molecule has 134 valence electrons. The van der Waals surface area contributed by atoms with Gasteiger partial charge in [0.05, 0.1) is 24.2 Å². The van der Waals surface area contributed by atoms with Gasteiger partial charge in [0.15, 0.2) is 17.3 Å². The highest BCUT2D eigenvalue weighted by Crippen LogP contribution is 2.33. The van der Waals surface area contributed by atoms with Crippen LogP contribution in [0.15, 0.2) is 47.3 Å². The van der Waals surface area contributed by atoms with E-state index in [2.05, 4.69) is 9.97 Å². The number of para-hydroxylation sites is 1. The number of methoxy groups -OCH3 is 1. The minimum Gasteiger partial charge on any atom is -0.493 e. The van der Waals surface area contributed by atoms with Crippen LogP contribution in [-0.4, -0.2) is 29.0 Å². The van der Waals surface area contributed by atoms with Crippen molar-refractivity contribution in [2.24, 2.45) is 0 Å². The molecule has 2 aromatic carbocycles. The molecule has 0 saturated heterocycles. The molecule has 0 amide bonds. The van der Waals surface area contributed by atoms with Crippen molar-refractivity contribution >= 4 is 22.9 Å². The van der Waals surface area contributed by atoms with Crippen molar-refractivity contribution in [3.05, 3.63) is 64.1 Å². The molecule has 0 bridgehead atoms. The fraction of sp³-hybridized carbons (Fsp3) is 0.200. The van der Waals surface area contributed by atoms with E-state index in [-0.39, 0.29) is 17.6 Å². The Morgan fingerprint density at radius 3 is 2.62 bits per heavy atom. The molecule has 1 aromatic heterocycles. The van der Waals surface area contributed by atoms with Crippen LogP contribution < -0.4 is 15.2 Å². The zero-order valence-electron chi connectivity index (χ0n) is 14.8. The van der Waals surface area contributed by atoms with E-state index in [1.807, 2.05) is 32.0 Å². The van der Waals surface area contributed by atoms with E-state index < -0.39 is 0 Å². The van der Waals surface area contributed by atoms with Crippen LogP contribution in [0.1, 0.15) is 29.8 Å². The molecule has 0 aliphatic carbocycles. The number of rotatable bonds is 6. The van der Waals surface area contributed by atoms with Crippen molar-refractivity contribution in [3.8, 4) is 11.5 Å². The van der Waals surface area contributed by atoms with Crippen LogP contribution >= 0.6 is 0 Å². The summed E-state index contributed by atoms with van der Waals surface area (Å²) in [6.45, 7) is 3.86. The van der Waals surface area contributed by atoms with Gasteiger partial charge in [-0.05, 0) is 50.3 Å². The van der Waals surface area contributed by atoms with Crippen molar-refractivity contribution in [2.45, 2.75) is 20.0 Å². The Morgan fingerprint density at radius 2 is 1.88 bits per heavy atom. The molecule has 0 aliphatic heterocycles. The zero-order valence-corrected chi connectivity index (χ0v) is 14.8. The van der Waals surface area contributed by atoms with Crippen molar-refractivity contribution in [2.75, 3.05) is 7.11 Å². The molecule has 6 nitrogen and oxygen atoms in total. The van der Waals surface area contributed by atoms with E-state index in [0.717, 1.165) is 5.56 Å². The second kappa shape index (κ2) is 7.31. The first-order valence-electron chi connectivity index (χ1n) is 8.26. The molecule has 1 heterocycles. The number of hydrogen-bond donors (Lipinski definition) is 2. The average molecular weight is 352 g/mol. The lowest BCUT2D eigenvalue weighted by Crippen LogP contribution is -2.08. The van der Waals surface area contributed by atoms with Gasteiger partial charge in [-0.15, -0.1) is 0 Å². The van der Waals surface area contributed by atoms with Crippen LogP contribution in [0.2, 0.25) is 0 Å². The van der Waals surface area contributed by atoms with E-state index in [1.54, 1.807) is 31.4 Å². The summed E-state index contributed by atoms with van der Waals surface area (Å²) in [6, 6.07) is 10.5. The summed E-state index contributed by atoms with van der Waals surface area (Å²) in [7, 11) is 1.58. The molecule has 0 radical (unpaired) electrons. The Kier molecular flexibility index (Phi) is 4.93. The standard InChI is InChI=1S/C20H20N2O4/c1-12(2)26-19-13(5-4-6-18(19)25-3)8-10-17(23)14-7-9-15-16(11-14)22-20(24)21-15/h4-12H,1-3H3,(H2,21,22,24)/b10-8+. The molecule has 0 unspecified atom stereocenters. The first-order chi connectivity index (χ1) is 12.5. The largest absolute Gasteiger partial charge is 0.493 e. The van der Waals surface area contributed by atoms with Crippen molar-refractivity contribution < 1.29 is 14.3 Å². The highest BCUT2D eigenvalue weighted by molar-refractivity contribution is 6.08. The molecule has 3 rings (SSSR count). The van der Waals surface area contributed by atoms with Gasteiger partial charge in [0.1, 0.15) is 0 Å². The second-order valence-corrected chi connectivity index (χ2v) is 6.08. The van der Waals surface area contributed by atoms with Crippen molar-refractivity contribution in [3.63, 3.8) is 0 Å². The predicted molar refractivity (Wildman–Crippen MR) is 101 cm³/mol. The number of carbonyl (C=O) groups excluding carboxylic acids is 1. The molecular weight excluding hydrogens is 332 g/mol. The smallest absolute Gasteiger partial charge is 0.323 e. The molecular formula is C20H20N2O4. The maximum atomic E-state index is 12.5. The first-order valence-corrected chi connectivity index (χ1v) is 8.26. The number of ketones is 1. The van der Waals surface area contributed by atoms with Gasteiger partial charge in [0.25, 0.3) is 0 Å². The molecule has 6 heteroatoms. The number of nitrogens with one attached hydrogen (secondary N) is 2. The Morgan fingerprint density at radius 1 is 1.12 bits per heavy atom. The Hall–Kier alpha value is -3.28. The second-order valence-electron chi connectivity index (χ2n) is 6.08. The molecule has 0 saturated carbocycles. The summed E-state index contributed by atoms with van der Waals surface area (Å²) in [6.07, 6.45) is 3.16. The lowest BCUT2D eigenvalue weighted by molar-refractivity contribution is 0.104. The fourth-order valence-electron chi connectivity index (χ4n) is 2.63. The summed E-state index contributed by atoms with van der Waals surface area (Å²) in [5.74, 6) is 1.03. The van der Waals surface area contributed by atoms with Crippen LogP contribution in [0.4, 0.5) is 0 Å². The molecule has 2 N–H and O–H groups in total. The minimum absolute atomic E-state index is 0.0260. The molecule has 26 heavy (non-hydrogen) atoms. The van der Waals surface area contributed by atoms with Gasteiger partial charge in [-0.2, -0.15) is 0 Å². The minimum atomic E-state index is -0.299. The van der Waals surface area contributed by atoms with E-state index >= 15 is 0 Å². The monoisotopic (exact) mass is 352 g/mol. The number of hydrogen-bond acceptors (Lipinski definition) is 4. The number of fused-ring (bicyclic) bond motifs is 1. The Bertz CT molecular complexity index is 1030. The Balaban J connectivity index is 1.90. The summed E-state index contributed by atoms with van der Waals surface area (Å²) in [4.78, 5) is 29.1. The van der Waals surface area contributed by atoms with Gasteiger partial charge in [-0.3, -0.25) is 4.79 Å². The Labute approximate surface area is 150 Å². The third kappa shape index (κ3) is 3.69. The van der Waals surface area contributed by atoms with E-state index in [9.17, 15) is 9.59 Å². The van der Waals surface area contributed by atoms with E-state index in [4.69, 9.17) is 9.47 Å². The number of aromatic amines is 2. The van der Waals surface area contributed by atoms with Gasteiger partial charge in [0.2, 0.25) is 0 Å². The highest BCUT2D eigenvalue weighted by atomic mass is 16.5. The summed E-state index contributed by atoms with van der Waals surface area (Å²) >= 11 is 0. The summed E-state index contributed by atoms with van der Waals surface area (Å²) < 4.78 is 11.2. The van der Waals surface area contributed by atoms with Crippen LogP contribution in [0.25, 0.3) is 17.1 Å². The third-order valence-corrected chi connectivity index (χ3v) is 3.80. The van der Waals surface area contributed by atoms with Gasteiger partial charge in [0, 0.05) is 11.1 Å². The summed E-state index contributed by atoms with van der Waals surface area (Å²) in [5, 5.41) is 0. The number of benzene rings is 2. The predicted octanol–water partition coefficient (Wildman–Crippen LogP) is 3.55. The third-order valence-electron chi connectivity index (χ3n) is 3.80. The molecule has 3 aromatic rings. The van der Waals surface area contributed by atoms with Crippen LogP contribution in [0.3, 0.4) is 0 Å². The van der Waals surface area contributed by atoms with Crippen molar-refractivity contribution in [1.82, 2.24) is 9.97 Å². The van der Waals surface area contributed by atoms with Gasteiger partial charge in [-0.25, -0.2) is 4.79 Å². The lowest BCUT2D eigenvalue weighted by atomic mass is 10.1. The van der Waals surface area contributed by atoms with Crippen LogP contribution in [0, 0.1) is 0 Å². The summed E-state index contributed by atoms with van der Waals surface area (Å²) in [5.41, 5.74) is 2.20. The van der Waals surface area contributed by atoms with Gasteiger partial charge in [-0.1, -0.05) is 12.1 Å². The number of H-pyrrole nitrogens is 2. The molecule has 0 atom stereocenters. The van der Waals surface area contributed by atoms with Gasteiger partial charge < -0.3 is 19.4 Å². The first kappa shape index (κ1) is 17.5. The van der Waals surface area contributed by atoms with E-state index in [0.29, 0.717) is 28.1 Å². The average Bonchev–Trinajstić information content (AvgIpc) is 2.99. The molecule has 0 spiro atoms. The molecule has 0 fully saturated rings. The topological polar surface area (TPSA) is 84.2 Å². The fourth-order valence-corrected chi connectivity index (χ4v) is 2.63.